The molecule has 0 aromatic rings. The van der Waals surface area contributed by atoms with Gasteiger partial charge in [0.2, 0.25) is 0 Å². The molecule has 1 rings (SSSR count). The molecular formula is C13H25NO. The van der Waals surface area contributed by atoms with E-state index in [1.165, 1.54) is 25.7 Å². The Kier molecular flexibility index (Phi) is 5.96. The lowest BCUT2D eigenvalue weighted by atomic mass is 9.90. The fourth-order valence-corrected chi connectivity index (χ4v) is 2.42. The summed E-state index contributed by atoms with van der Waals surface area (Å²) in [5.74, 6) is 0. The van der Waals surface area contributed by atoms with Crippen LogP contribution in [0.3, 0.4) is 0 Å². The standard InChI is InChI=1S/C13H25NO/c1-4-12(15-5-2)13(14-3)11-9-7-6-8-10-11/h9,12-14H,4-8,10H2,1-3H3. The van der Waals surface area contributed by atoms with Gasteiger partial charge < -0.3 is 10.1 Å². The van der Waals surface area contributed by atoms with Gasteiger partial charge in [0.15, 0.2) is 0 Å². The summed E-state index contributed by atoms with van der Waals surface area (Å²) >= 11 is 0. The van der Waals surface area contributed by atoms with Crippen LogP contribution in [0.2, 0.25) is 0 Å². The fraction of sp³-hybridized carbons (Fsp3) is 0.846. The molecule has 0 bridgehead atoms. The van der Waals surface area contributed by atoms with Gasteiger partial charge in [0.25, 0.3) is 0 Å². The molecular weight excluding hydrogens is 186 g/mol. The highest BCUT2D eigenvalue weighted by Gasteiger charge is 2.23. The maximum Gasteiger partial charge on any atom is 0.0763 e. The highest BCUT2D eigenvalue weighted by atomic mass is 16.5. The molecule has 1 aliphatic rings. The summed E-state index contributed by atoms with van der Waals surface area (Å²) in [6.45, 7) is 5.09. The maximum absolute atomic E-state index is 5.79. The molecule has 2 heteroatoms. The Morgan fingerprint density at radius 3 is 2.67 bits per heavy atom. The van der Waals surface area contributed by atoms with Crippen molar-refractivity contribution in [2.24, 2.45) is 0 Å². The van der Waals surface area contributed by atoms with E-state index in [4.69, 9.17) is 4.74 Å². The molecule has 15 heavy (non-hydrogen) atoms. The SMILES string of the molecule is CCOC(CC)C(NC)C1=CCCCC1. The van der Waals surface area contributed by atoms with Crippen molar-refractivity contribution in [3.05, 3.63) is 11.6 Å². The molecule has 0 saturated heterocycles. The summed E-state index contributed by atoms with van der Waals surface area (Å²) in [5.41, 5.74) is 1.56. The minimum absolute atomic E-state index is 0.337. The van der Waals surface area contributed by atoms with Crippen molar-refractivity contribution in [3.8, 4) is 0 Å². The van der Waals surface area contributed by atoms with Crippen LogP contribution in [0, 0.1) is 0 Å². The number of likely N-dealkylation sites (N-methyl/N-ethyl adjacent to an activating group) is 1. The first-order valence-corrected chi connectivity index (χ1v) is 6.31. The summed E-state index contributed by atoms with van der Waals surface area (Å²) in [4.78, 5) is 0. The maximum atomic E-state index is 5.79. The average molecular weight is 211 g/mol. The molecule has 0 spiro atoms. The molecule has 0 saturated carbocycles. The second-order valence-corrected chi connectivity index (χ2v) is 4.19. The van der Waals surface area contributed by atoms with Crippen LogP contribution < -0.4 is 5.32 Å². The van der Waals surface area contributed by atoms with Crippen molar-refractivity contribution in [1.29, 1.82) is 0 Å². The van der Waals surface area contributed by atoms with Crippen LogP contribution in [0.4, 0.5) is 0 Å². The van der Waals surface area contributed by atoms with Crippen LogP contribution in [0.5, 0.6) is 0 Å². The largest absolute Gasteiger partial charge is 0.377 e. The van der Waals surface area contributed by atoms with Crippen LogP contribution in [-0.2, 0) is 4.74 Å². The first kappa shape index (κ1) is 12.7. The van der Waals surface area contributed by atoms with Crippen LogP contribution in [-0.4, -0.2) is 25.8 Å². The van der Waals surface area contributed by atoms with E-state index in [0.29, 0.717) is 12.1 Å². The van der Waals surface area contributed by atoms with E-state index < -0.39 is 0 Å². The van der Waals surface area contributed by atoms with Crippen molar-refractivity contribution in [2.75, 3.05) is 13.7 Å². The Bertz CT molecular complexity index is 201. The second kappa shape index (κ2) is 7.02. The van der Waals surface area contributed by atoms with Gasteiger partial charge >= 0.3 is 0 Å². The van der Waals surface area contributed by atoms with Crippen molar-refractivity contribution >= 4 is 0 Å². The molecule has 0 aliphatic heterocycles. The lowest BCUT2D eigenvalue weighted by Crippen LogP contribution is -2.41. The van der Waals surface area contributed by atoms with Crippen LogP contribution in [0.15, 0.2) is 11.6 Å². The molecule has 2 nitrogen and oxygen atoms in total. The first-order valence-electron chi connectivity index (χ1n) is 6.31. The van der Waals surface area contributed by atoms with Gasteiger partial charge in [-0.3, -0.25) is 0 Å². The number of allylic oxidation sites excluding steroid dienone is 1. The minimum Gasteiger partial charge on any atom is -0.377 e. The third-order valence-corrected chi connectivity index (χ3v) is 3.19. The first-order chi connectivity index (χ1) is 7.33. The molecule has 0 radical (unpaired) electrons. The van der Waals surface area contributed by atoms with Crippen molar-refractivity contribution in [2.45, 2.75) is 58.1 Å². The molecule has 0 aromatic carbocycles. The van der Waals surface area contributed by atoms with Gasteiger partial charge in [0.1, 0.15) is 0 Å². The molecule has 2 atom stereocenters. The number of hydrogen-bond acceptors (Lipinski definition) is 2. The third kappa shape index (κ3) is 3.62. The van der Waals surface area contributed by atoms with Gasteiger partial charge in [-0.1, -0.05) is 18.6 Å². The zero-order chi connectivity index (χ0) is 11.1. The van der Waals surface area contributed by atoms with Gasteiger partial charge in [0.05, 0.1) is 12.1 Å². The number of nitrogens with one attached hydrogen (secondary N) is 1. The Balaban J connectivity index is 2.62. The summed E-state index contributed by atoms with van der Waals surface area (Å²) in [6.07, 6.45) is 9.01. The lowest BCUT2D eigenvalue weighted by molar-refractivity contribution is 0.0414. The van der Waals surface area contributed by atoms with Gasteiger partial charge in [-0.05, 0) is 46.1 Å². The molecule has 0 fully saturated rings. The van der Waals surface area contributed by atoms with Gasteiger partial charge in [-0.2, -0.15) is 0 Å². The summed E-state index contributed by atoms with van der Waals surface area (Å²) in [7, 11) is 2.04. The normalized spacial score (nSPS) is 20.9. The zero-order valence-corrected chi connectivity index (χ0v) is 10.4. The van der Waals surface area contributed by atoms with Gasteiger partial charge in [-0.25, -0.2) is 0 Å². The monoisotopic (exact) mass is 211 g/mol. The Morgan fingerprint density at radius 2 is 2.20 bits per heavy atom. The van der Waals surface area contributed by atoms with E-state index in [1.54, 1.807) is 5.57 Å². The van der Waals surface area contributed by atoms with Crippen LogP contribution in [0.25, 0.3) is 0 Å². The van der Waals surface area contributed by atoms with Crippen molar-refractivity contribution in [3.63, 3.8) is 0 Å². The Morgan fingerprint density at radius 1 is 1.40 bits per heavy atom. The fourth-order valence-electron chi connectivity index (χ4n) is 2.42. The minimum atomic E-state index is 0.337. The molecule has 1 aliphatic carbocycles. The van der Waals surface area contributed by atoms with E-state index in [1.807, 2.05) is 7.05 Å². The van der Waals surface area contributed by atoms with E-state index in [0.717, 1.165) is 13.0 Å². The number of ether oxygens (including phenoxy) is 1. The molecule has 0 heterocycles. The number of hydrogen-bond donors (Lipinski definition) is 1. The summed E-state index contributed by atoms with van der Waals surface area (Å²) in [5, 5.41) is 3.41. The summed E-state index contributed by atoms with van der Waals surface area (Å²) in [6, 6.07) is 0.426. The summed E-state index contributed by atoms with van der Waals surface area (Å²) < 4.78 is 5.79. The predicted molar refractivity (Wildman–Crippen MR) is 65.1 cm³/mol. The molecule has 0 amide bonds. The molecule has 0 aromatic heterocycles. The average Bonchev–Trinajstić information content (AvgIpc) is 2.30. The highest BCUT2D eigenvalue weighted by molar-refractivity contribution is 5.15. The van der Waals surface area contributed by atoms with E-state index in [-0.39, 0.29) is 0 Å². The molecule has 1 N–H and O–H groups in total. The number of rotatable bonds is 6. The van der Waals surface area contributed by atoms with Crippen LogP contribution in [0.1, 0.15) is 46.0 Å². The zero-order valence-electron chi connectivity index (χ0n) is 10.4. The van der Waals surface area contributed by atoms with E-state index >= 15 is 0 Å². The Hall–Kier alpha value is -0.340. The van der Waals surface area contributed by atoms with E-state index in [2.05, 4.69) is 25.2 Å². The van der Waals surface area contributed by atoms with Crippen molar-refractivity contribution in [1.82, 2.24) is 5.32 Å². The van der Waals surface area contributed by atoms with Gasteiger partial charge in [-0.15, -0.1) is 0 Å². The smallest absolute Gasteiger partial charge is 0.0763 e. The highest BCUT2D eigenvalue weighted by Crippen LogP contribution is 2.23. The van der Waals surface area contributed by atoms with Crippen molar-refractivity contribution < 1.29 is 4.74 Å². The molecule has 88 valence electrons. The predicted octanol–water partition coefficient (Wildman–Crippen LogP) is 2.89. The third-order valence-electron chi connectivity index (χ3n) is 3.19. The van der Waals surface area contributed by atoms with Gasteiger partial charge in [0, 0.05) is 6.61 Å². The lowest BCUT2D eigenvalue weighted by Gasteiger charge is -2.29. The Labute approximate surface area is 94.1 Å². The van der Waals surface area contributed by atoms with E-state index in [9.17, 15) is 0 Å². The second-order valence-electron chi connectivity index (χ2n) is 4.19. The quantitative estimate of drug-likeness (QED) is 0.682. The van der Waals surface area contributed by atoms with Crippen LogP contribution >= 0.6 is 0 Å². The molecule has 2 unspecified atom stereocenters. The topological polar surface area (TPSA) is 21.3 Å².